The Labute approximate surface area is 388 Å². The molecule has 2 aliphatic rings. The normalized spacial score (nSPS) is 16.1. The van der Waals surface area contributed by atoms with E-state index in [-0.39, 0.29) is 36.4 Å². The number of hydrogen-bond acceptors (Lipinski definition) is 8. The summed E-state index contributed by atoms with van der Waals surface area (Å²) in [5.41, 5.74) is -0.763. The van der Waals surface area contributed by atoms with E-state index in [4.69, 9.17) is 28.4 Å². The molecule has 0 spiro atoms. The molecule has 0 bridgehead atoms. The predicted octanol–water partition coefficient (Wildman–Crippen LogP) is 9.11. The van der Waals surface area contributed by atoms with Crippen molar-refractivity contribution in [3.8, 4) is 34.5 Å². The second-order valence-electron chi connectivity index (χ2n) is 14.2. The smallest absolute Gasteiger partial charge is 0.357 e. The maximum Gasteiger partial charge on any atom is 0.357 e. The molecule has 0 aliphatic heterocycles. The summed E-state index contributed by atoms with van der Waals surface area (Å²) >= 11 is 8.46. The highest BCUT2D eigenvalue weighted by atomic mass is 127. The molecule has 2 saturated carbocycles. The number of hydrogen-bond donors (Lipinski definition) is 0. The molecule has 0 unspecified atom stereocenters. The zero-order valence-corrected chi connectivity index (χ0v) is 41.4. The van der Waals surface area contributed by atoms with Crippen molar-refractivity contribution in [1.82, 2.24) is 0 Å². The van der Waals surface area contributed by atoms with Gasteiger partial charge in [0.15, 0.2) is 20.4 Å². The largest absolute Gasteiger partial charge is 0.481 e. The van der Waals surface area contributed by atoms with Gasteiger partial charge in [0.05, 0.1) is 14.3 Å². The summed E-state index contributed by atoms with van der Waals surface area (Å²) in [4.78, 5) is 25.1. The van der Waals surface area contributed by atoms with Gasteiger partial charge >= 0.3 is 33.1 Å². The van der Waals surface area contributed by atoms with E-state index in [1.54, 1.807) is 0 Å². The van der Waals surface area contributed by atoms with E-state index in [0.717, 1.165) is 88.6 Å². The summed E-state index contributed by atoms with van der Waals surface area (Å²) in [7, 11) is 0. The van der Waals surface area contributed by atoms with Gasteiger partial charge in [-0.15, -0.1) is 0 Å². The molecule has 0 radical (unpaired) electrons. The standard InChI is InChI=1S/C42H42I5O8/c1-41(17-5-3-6-18-41)54-39(48)25-50-35-21-33(45)37(23-31(35)43)52-29-13-9-27(10-14-29)47-28-11-15-30(16-12-28)53-38-24-32(44)36(22-34(38)46)51-26-40(49)55-42(2)19-7-4-8-20-42/h9-16,21-24H,3-8,17-20,25-26H2,1-2H3/q+1. The molecule has 0 N–H and O–H groups in total. The van der Waals surface area contributed by atoms with Gasteiger partial charge in [-0.1, -0.05) is 12.8 Å². The van der Waals surface area contributed by atoms with Gasteiger partial charge in [-0.2, -0.15) is 0 Å². The molecule has 8 nitrogen and oxygen atoms in total. The lowest BCUT2D eigenvalue weighted by Gasteiger charge is -2.33. The maximum absolute atomic E-state index is 12.5. The molecule has 4 aromatic carbocycles. The third-order valence-electron chi connectivity index (χ3n) is 9.51. The lowest BCUT2D eigenvalue weighted by molar-refractivity contribution is -0.597. The minimum absolute atomic E-state index is 0.119. The van der Waals surface area contributed by atoms with Crippen molar-refractivity contribution >= 4 is 102 Å². The summed E-state index contributed by atoms with van der Waals surface area (Å²) < 4.78 is 41.8. The van der Waals surface area contributed by atoms with E-state index < -0.39 is 21.2 Å². The first-order valence-corrected chi connectivity index (χ1v) is 24.7. The highest BCUT2D eigenvalue weighted by Gasteiger charge is 2.32. The monoisotopic (exact) mass is 1310 g/mol. The maximum atomic E-state index is 12.5. The average molecular weight is 1310 g/mol. The molecule has 0 amide bonds. The van der Waals surface area contributed by atoms with Gasteiger partial charge < -0.3 is 28.4 Å². The predicted molar refractivity (Wildman–Crippen MR) is 240 cm³/mol. The molecule has 2 aliphatic carbocycles. The Bertz CT molecular complexity index is 1820. The van der Waals surface area contributed by atoms with Gasteiger partial charge in [0, 0.05) is 0 Å². The average Bonchev–Trinajstić information content (AvgIpc) is 3.15. The van der Waals surface area contributed by atoms with Crippen LogP contribution in [0.25, 0.3) is 0 Å². The van der Waals surface area contributed by atoms with Crippen LogP contribution in [-0.4, -0.2) is 36.4 Å². The zero-order chi connectivity index (χ0) is 39.0. The summed E-state index contributed by atoms with van der Waals surface area (Å²) in [5.74, 6) is 3.54. The highest BCUT2D eigenvalue weighted by Crippen LogP contribution is 2.37. The van der Waals surface area contributed by atoms with Crippen LogP contribution in [0.15, 0.2) is 72.8 Å². The summed E-state index contributed by atoms with van der Waals surface area (Å²) in [6.07, 6.45) is 10.4. The Morgan fingerprint density at radius 3 is 1.22 bits per heavy atom. The zero-order valence-electron chi connectivity index (χ0n) is 30.6. The lowest BCUT2D eigenvalue weighted by atomic mass is 9.86. The number of carbonyl (C=O) groups is 2. The molecular formula is C42H42I5O8+. The molecular weight excluding hydrogens is 1270 g/mol. The van der Waals surface area contributed by atoms with Crippen LogP contribution >= 0.6 is 90.4 Å². The molecule has 0 atom stereocenters. The van der Waals surface area contributed by atoms with Crippen LogP contribution in [0.5, 0.6) is 34.5 Å². The number of halogens is 5. The Balaban J connectivity index is 0.975. The molecule has 13 heteroatoms. The molecule has 55 heavy (non-hydrogen) atoms. The van der Waals surface area contributed by atoms with E-state index in [9.17, 15) is 9.59 Å². The van der Waals surface area contributed by atoms with Crippen molar-refractivity contribution in [2.75, 3.05) is 13.2 Å². The van der Waals surface area contributed by atoms with Gasteiger partial charge in [-0.3, -0.25) is 0 Å². The van der Waals surface area contributed by atoms with Crippen molar-refractivity contribution < 1.29 is 59.2 Å². The number of esters is 2. The second kappa shape index (κ2) is 20.1. The minimum Gasteiger partial charge on any atom is -0.481 e. The van der Waals surface area contributed by atoms with Crippen molar-refractivity contribution in [3.05, 3.63) is 94.2 Å². The molecule has 0 saturated heterocycles. The quantitative estimate of drug-likeness (QED) is 0.0914. The fraction of sp³-hybridized carbons (Fsp3) is 0.381. The Kier molecular flexibility index (Phi) is 15.8. The van der Waals surface area contributed by atoms with Crippen LogP contribution in [0.2, 0.25) is 0 Å². The number of carbonyl (C=O) groups excluding carboxylic acids is 2. The first-order valence-electron chi connectivity index (χ1n) is 18.2. The molecule has 292 valence electrons. The van der Waals surface area contributed by atoms with Gasteiger partial charge in [0.25, 0.3) is 0 Å². The van der Waals surface area contributed by atoms with Gasteiger partial charge in [-0.25, -0.2) is 9.59 Å². The van der Waals surface area contributed by atoms with E-state index >= 15 is 0 Å². The Morgan fingerprint density at radius 1 is 0.527 bits per heavy atom. The third-order valence-corrected chi connectivity index (χ3v) is 15.6. The summed E-state index contributed by atoms with van der Waals surface area (Å²) in [6.45, 7) is 3.80. The SMILES string of the molecule is CC1(OC(=O)COc2cc(I)c(Oc3ccc([I+]c4ccc(Oc5cc(I)c(OCC(=O)OC6(C)CCCCC6)cc5I)cc4)cc3)cc2I)CCCCC1. The van der Waals surface area contributed by atoms with Crippen molar-refractivity contribution in [2.45, 2.75) is 89.3 Å². The number of ether oxygens (including phenoxy) is 6. The fourth-order valence-electron chi connectivity index (χ4n) is 6.59. The first kappa shape index (κ1) is 43.3. The highest BCUT2D eigenvalue weighted by molar-refractivity contribution is 14.1. The number of rotatable bonds is 14. The van der Waals surface area contributed by atoms with Crippen LogP contribution in [0.3, 0.4) is 0 Å². The lowest BCUT2D eigenvalue weighted by Crippen LogP contribution is -3.61. The van der Waals surface area contributed by atoms with Gasteiger partial charge in [0.2, 0.25) is 0 Å². The van der Waals surface area contributed by atoms with Crippen molar-refractivity contribution in [2.24, 2.45) is 0 Å². The molecule has 0 aromatic heterocycles. The van der Waals surface area contributed by atoms with Crippen LogP contribution in [0.4, 0.5) is 0 Å². The summed E-state index contributed by atoms with van der Waals surface area (Å²) in [6, 6.07) is 24.1. The van der Waals surface area contributed by atoms with E-state index in [2.05, 4.69) is 115 Å². The van der Waals surface area contributed by atoms with Crippen molar-refractivity contribution in [3.63, 3.8) is 0 Å². The van der Waals surface area contributed by atoms with Crippen molar-refractivity contribution in [1.29, 1.82) is 0 Å². The van der Waals surface area contributed by atoms with Crippen LogP contribution in [0.1, 0.15) is 78.1 Å². The van der Waals surface area contributed by atoms with E-state index in [1.807, 2.05) is 62.4 Å². The van der Waals surface area contributed by atoms with Crippen LogP contribution < -0.4 is 40.2 Å². The Hall–Kier alpha value is -1.33. The third kappa shape index (κ3) is 12.8. The van der Waals surface area contributed by atoms with Crippen LogP contribution in [-0.2, 0) is 19.1 Å². The first-order chi connectivity index (χ1) is 26.3. The van der Waals surface area contributed by atoms with E-state index in [1.165, 1.54) is 20.0 Å². The molecule has 0 heterocycles. The van der Waals surface area contributed by atoms with Gasteiger partial charge in [0.1, 0.15) is 45.7 Å². The molecule has 4 aromatic rings. The van der Waals surface area contributed by atoms with Crippen LogP contribution in [0, 0.1) is 21.4 Å². The molecule has 2 fully saturated rings. The number of benzene rings is 4. The minimum atomic E-state index is -0.415. The Morgan fingerprint density at radius 2 is 0.855 bits per heavy atom. The summed E-state index contributed by atoms with van der Waals surface area (Å²) in [5, 5.41) is 0. The molecule has 6 rings (SSSR count). The topological polar surface area (TPSA) is 89.5 Å². The second-order valence-corrected chi connectivity index (χ2v) is 21.9. The fourth-order valence-corrected chi connectivity index (χ4v) is 11.0. The van der Waals surface area contributed by atoms with E-state index in [0.29, 0.717) is 11.5 Å². The van der Waals surface area contributed by atoms with Gasteiger partial charge in [-0.05, 0) is 228 Å².